The van der Waals surface area contributed by atoms with Gasteiger partial charge in [0.05, 0.1) is 11.1 Å². The monoisotopic (exact) mass is 477 g/mol. The lowest BCUT2D eigenvalue weighted by molar-refractivity contribution is -0.138. The van der Waals surface area contributed by atoms with Gasteiger partial charge < -0.3 is 15.1 Å². The lowest BCUT2D eigenvalue weighted by Crippen LogP contribution is -2.58. The van der Waals surface area contributed by atoms with Crippen molar-refractivity contribution in [2.24, 2.45) is 0 Å². The van der Waals surface area contributed by atoms with Crippen molar-refractivity contribution in [1.82, 2.24) is 20.4 Å². The standard InChI is InChI=1S/C24H30F3N5O2/c1-4-5-8-13-28-22(33)20-11-12-21(30-29-20)31-14-17(3)32(15-16(31)2)23(34)18-9-6-7-10-19(18)24(25,26)27/h6-7,9-12,16-17H,4-5,8,13-15H2,1-3H3,(H,28,33). The molecular formula is C24H30F3N5O2. The Morgan fingerprint density at radius 1 is 1.03 bits per heavy atom. The second-order valence-corrected chi connectivity index (χ2v) is 8.59. The van der Waals surface area contributed by atoms with Crippen LogP contribution in [0, 0.1) is 0 Å². The van der Waals surface area contributed by atoms with Crippen molar-refractivity contribution in [2.75, 3.05) is 24.5 Å². The number of halogens is 3. The Morgan fingerprint density at radius 2 is 1.76 bits per heavy atom. The Balaban J connectivity index is 1.68. The van der Waals surface area contributed by atoms with E-state index in [9.17, 15) is 22.8 Å². The molecule has 1 N–H and O–H groups in total. The van der Waals surface area contributed by atoms with Crippen LogP contribution in [0.15, 0.2) is 36.4 Å². The minimum absolute atomic E-state index is 0.207. The number of benzene rings is 1. The summed E-state index contributed by atoms with van der Waals surface area (Å²) in [5.74, 6) is -0.381. The van der Waals surface area contributed by atoms with Gasteiger partial charge >= 0.3 is 6.18 Å². The Morgan fingerprint density at radius 3 is 2.41 bits per heavy atom. The van der Waals surface area contributed by atoms with E-state index < -0.39 is 17.6 Å². The predicted molar refractivity (Wildman–Crippen MR) is 123 cm³/mol. The first-order chi connectivity index (χ1) is 16.1. The summed E-state index contributed by atoms with van der Waals surface area (Å²) in [6.07, 6.45) is -1.60. The Bertz CT molecular complexity index is 997. The smallest absolute Gasteiger partial charge is 0.351 e. The number of carbonyl (C=O) groups excluding carboxylic acids is 2. The SMILES string of the molecule is CCCCCNC(=O)c1ccc(N2CC(C)N(C(=O)c3ccccc3C(F)(F)F)CC2C)nn1. The zero-order valence-electron chi connectivity index (χ0n) is 19.6. The minimum atomic E-state index is -4.61. The van der Waals surface area contributed by atoms with E-state index in [-0.39, 0.29) is 35.8 Å². The van der Waals surface area contributed by atoms with Gasteiger partial charge in [-0.3, -0.25) is 9.59 Å². The highest BCUT2D eigenvalue weighted by Gasteiger charge is 2.39. The molecule has 0 bridgehead atoms. The highest BCUT2D eigenvalue weighted by atomic mass is 19.4. The maximum Gasteiger partial charge on any atom is 0.417 e. The molecule has 2 unspecified atom stereocenters. The van der Waals surface area contributed by atoms with Crippen LogP contribution in [0.3, 0.4) is 0 Å². The summed E-state index contributed by atoms with van der Waals surface area (Å²) in [7, 11) is 0. The predicted octanol–water partition coefficient (Wildman–Crippen LogP) is 4.15. The van der Waals surface area contributed by atoms with Crippen molar-refractivity contribution in [2.45, 2.75) is 58.3 Å². The number of carbonyl (C=O) groups is 2. The number of aromatic nitrogens is 2. The molecule has 0 radical (unpaired) electrons. The Kier molecular flexibility index (Phi) is 8.11. The third-order valence-corrected chi connectivity index (χ3v) is 5.95. The van der Waals surface area contributed by atoms with E-state index in [1.54, 1.807) is 19.1 Å². The molecule has 1 aliphatic rings. The van der Waals surface area contributed by atoms with Gasteiger partial charge in [0.15, 0.2) is 11.5 Å². The Labute approximate surface area is 197 Å². The fourth-order valence-corrected chi connectivity index (χ4v) is 4.07. The lowest BCUT2D eigenvalue weighted by atomic mass is 10.0. The maximum absolute atomic E-state index is 13.4. The molecule has 2 amide bonds. The largest absolute Gasteiger partial charge is 0.417 e. The normalized spacial score (nSPS) is 18.6. The summed E-state index contributed by atoms with van der Waals surface area (Å²) >= 11 is 0. The van der Waals surface area contributed by atoms with E-state index in [1.807, 2.05) is 11.8 Å². The van der Waals surface area contributed by atoms with Gasteiger partial charge in [0.2, 0.25) is 0 Å². The molecular weight excluding hydrogens is 447 g/mol. The molecule has 0 spiro atoms. The van der Waals surface area contributed by atoms with Crippen LogP contribution in [0.5, 0.6) is 0 Å². The zero-order chi connectivity index (χ0) is 24.9. The molecule has 184 valence electrons. The quantitative estimate of drug-likeness (QED) is 0.606. The van der Waals surface area contributed by atoms with E-state index >= 15 is 0 Å². The number of rotatable bonds is 7. The summed E-state index contributed by atoms with van der Waals surface area (Å²) < 4.78 is 40.2. The van der Waals surface area contributed by atoms with Crippen molar-refractivity contribution in [3.05, 3.63) is 53.2 Å². The van der Waals surface area contributed by atoms with Gasteiger partial charge in [-0.1, -0.05) is 31.9 Å². The summed E-state index contributed by atoms with van der Waals surface area (Å²) in [6, 6.07) is 7.59. The number of amides is 2. The van der Waals surface area contributed by atoms with Gasteiger partial charge in [0.1, 0.15) is 0 Å². The van der Waals surface area contributed by atoms with Gasteiger partial charge in [-0.05, 0) is 44.5 Å². The van der Waals surface area contributed by atoms with Crippen LogP contribution in [0.2, 0.25) is 0 Å². The molecule has 3 rings (SSSR count). The van der Waals surface area contributed by atoms with Crippen molar-refractivity contribution in [3.63, 3.8) is 0 Å². The number of unbranched alkanes of at least 4 members (excludes halogenated alkanes) is 2. The molecule has 2 heterocycles. The van der Waals surface area contributed by atoms with E-state index in [0.29, 0.717) is 18.9 Å². The number of hydrogen-bond acceptors (Lipinski definition) is 5. The van der Waals surface area contributed by atoms with E-state index in [0.717, 1.165) is 25.3 Å². The van der Waals surface area contributed by atoms with E-state index in [1.165, 1.54) is 23.1 Å². The van der Waals surface area contributed by atoms with Crippen LogP contribution in [0.4, 0.5) is 19.0 Å². The fourth-order valence-electron chi connectivity index (χ4n) is 4.07. The summed E-state index contributed by atoms with van der Waals surface area (Å²) in [5.41, 5.74) is -1.06. The number of piperazine rings is 1. The van der Waals surface area contributed by atoms with Gasteiger partial charge in [0, 0.05) is 31.7 Å². The van der Waals surface area contributed by atoms with Gasteiger partial charge in [-0.25, -0.2) is 0 Å². The number of nitrogens with zero attached hydrogens (tertiary/aromatic N) is 4. The van der Waals surface area contributed by atoms with Gasteiger partial charge in [-0.2, -0.15) is 13.2 Å². The van der Waals surface area contributed by atoms with Crippen LogP contribution < -0.4 is 10.2 Å². The molecule has 0 aliphatic carbocycles. The van der Waals surface area contributed by atoms with Crippen LogP contribution >= 0.6 is 0 Å². The second-order valence-electron chi connectivity index (χ2n) is 8.59. The Hall–Kier alpha value is -3.17. The first-order valence-corrected chi connectivity index (χ1v) is 11.5. The average Bonchev–Trinajstić information content (AvgIpc) is 2.82. The van der Waals surface area contributed by atoms with Crippen LogP contribution in [-0.4, -0.2) is 58.6 Å². The highest BCUT2D eigenvalue weighted by Crippen LogP contribution is 2.33. The molecule has 1 aromatic carbocycles. The van der Waals surface area contributed by atoms with E-state index in [2.05, 4.69) is 22.4 Å². The minimum Gasteiger partial charge on any atom is -0.351 e. The number of anilines is 1. The second kappa shape index (κ2) is 10.8. The zero-order valence-corrected chi connectivity index (χ0v) is 19.6. The number of hydrogen-bond donors (Lipinski definition) is 1. The molecule has 10 heteroatoms. The molecule has 34 heavy (non-hydrogen) atoms. The van der Waals surface area contributed by atoms with Crippen LogP contribution in [-0.2, 0) is 6.18 Å². The van der Waals surface area contributed by atoms with Crippen LogP contribution in [0.25, 0.3) is 0 Å². The first-order valence-electron chi connectivity index (χ1n) is 11.5. The number of nitrogens with one attached hydrogen (secondary N) is 1. The van der Waals surface area contributed by atoms with Gasteiger partial charge in [0.25, 0.3) is 11.8 Å². The van der Waals surface area contributed by atoms with Gasteiger partial charge in [-0.15, -0.1) is 10.2 Å². The first kappa shape index (κ1) is 25.5. The highest BCUT2D eigenvalue weighted by molar-refractivity contribution is 5.96. The molecule has 1 fully saturated rings. The van der Waals surface area contributed by atoms with Crippen LogP contribution in [0.1, 0.15) is 66.4 Å². The van der Waals surface area contributed by atoms with Crippen molar-refractivity contribution in [1.29, 1.82) is 0 Å². The third kappa shape index (κ3) is 5.84. The third-order valence-electron chi connectivity index (χ3n) is 5.95. The molecule has 1 aliphatic heterocycles. The van der Waals surface area contributed by atoms with Crippen molar-refractivity contribution in [3.8, 4) is 0 Å². The van der Waals surface area contributed by atoms with Crippen molar-refractivity contribution < 1.29 is 22.8 Å². The molecule has 1 saturated heterocycles. The fraction of sp³-hybridized carbons (Fsp3) is 0.500. The summed E-state index contributed by atoms with van der Waals surface area (Å²) in [6.45, 7) is 6.94. The molecule has 2 atom stereocenters. The topological polar surface area (TPSA) is 78.4 Å². The molecule has 0 saturated carbocycles. The lowest BCUT2D eigenvalue weighted by Gasteiger charge is -2.44. The molecule has 7 nitrogen and oxygen atoms in total. The number of alkyl halides is 3. The van der Waals surface area contributed by atoms with E-state index in [4.69, 9.17) is 0 Å². The summed E-state index contributed by atoms with van der Waals surface area (Å²) in [5, 5.41) is 11.1. The van der Waals surface area contributed by atoms with Crippen molar-refractivity contribution >= 4 is 17.6 Å². The average molecular weight is 478 g/mol. The maximum atomic E-state index is 13.4. The summed E-state index contributed by atoms with van der Waals surface area (Å²) in [4.78, 5) is 28.7. The molecule has 1 aromatic heterocycles. The molecule has 2 aromatic rings.